The van der Waals surface area contributed by atoms with Crippen LogP contribution < -0.4 is 10.3 Å². The fourth-order valence-electron chi connectivity index (χ4n) is 3.68. The predicted octanol–water partition coefficient (Wildman–Crippen LogP) is 4.25. The van der Waals surface area contributed by atoms with Crippen molar-refractivity contribution in [1.82, 2.24) is 9.55 Å². The summed E-state index contributed by atoms with van der Waals surface area (Å²) in [6.45, 7) is 9.37. The Labute approximate surface area is 179 Å². The highest BCUT2D eigenvalue weighted by Gasteiger charge is 2.24. The number of nitrogens with zero attached hydrogens (tertiary/aromatic N) is 2. The zero-order valence-electron chi connectivity index (χ0n) is 17.8. The monoisotopic (exact) mass is 426 g/mol. The molecule has 0 N–H and O–H groups in total. The first-order chi connectivity index (χ1) is 14.3. The first-order valence-electron chi connectivity index (χ1n) is 10.2. The van der Waals surface area contributed by atoms with Crippen molar-refractivity contribution in [3.8, 4) is 5.75 Å². The molecule has 0 saturated carbocycles. The molecule has 1 aliphatic heterocycles. The van der Waals surface area contributed by atoms with Crippen molar-refractivity contribution in [2.24, 2.45) is 0 Å². The van der Waals surface area contributed by atoms with Crippen LogP contribution in [0.4, 0.5) is 0 Å². The fraction of sp³-hybridized carbons (Fsp3) is 0.435. The smallest absolute Gasteiger partial charge is 0.348 e. The number of thiophene rings is 1. The number of carbonyl (C=O) groups excluding carboxylic acids is 1. The molecule has 1 aliphatic rings. The first-order valence-corrected chi connectivity index (χ1v) is 11.0. The number of hydrogen-bond donors (Lipinski definition) is 0. The van der Waals surface area contributed by atoms with Crippen molar-refractivity contribution in [3.05, 3.63) is 56.4 Å². The Balaban J connectivity index is 1.39. The van der Waals surface area contributed by atoms with E-state index in [4.69, 9.17) is 9.47 Å². The topological polar surface area (TPSA) is 70.4 Å². The van der Waals surface area contributed by atoms with Crippen LogP contribution in [0, 0.1) is 6.92 Å². The van der Waals surface area contributed by atoms with Gasteiger partial charge >= 0.3 is 5.97 Å². The highest BCUT2D eigenvalue weighted by molar-refractivity contribution is 7.20. The number of aryl methyl sites for hydroxylation is 2. The van der Waals surface area contributed by atoms with Gasteiger partial charge in [-0.3, -0.25) is 9.36 Å². The third-order valence-corrected chi connectivity index (χ3v) is 6.57. The van der Waals surface area contributed by atoms with E-state index in [0.29, 0.717) is 27.2 Å². The van der Waals surface area contributed by atoms with Gasteiger partial charge in [0.2, 0.25) is 0 Å². The zero-order valence-corrected chi connectivity index (χ0v) is 18.6. The summed E-state index contributed by atoms with van der Waals surface area (Å²) in [6.07, 6.45) is 1.74. The third kappa shape index (κ3) is 3.86. The van der Waals surface area contributed by atoms with E-state index in [9.17, 15) is 9.59 Å². The summed E-state index contributed by atoms with van der Waals surface area (Å²) in [5.41, 5.74) is 1.92. The summed E-state index contributed by atoms with van der Waals surface area (Å²) in [6, 6.07) is 7.95. The lowest BCUT2D eigenvalue weighted by molar-refractivity contribution is 0.0455. The molecule has 3 aromatic rings. The molecule has 0 aliphatic carbocycles. The maximum atomic E-state index is 12.7. The summed E-state index contributed by atoms with van der Waals surface area (Å²) in [7, 11) is 0. The molecule has 0 saturated heterocycles. The molecule has 6 nitrogen and oxygen atoms in total. The molecule has 0 unspecified atom stereocenters. The van der Waals surface area contributed by atoms with E-state index >= 15 is 0 Å². The molecular weight excluding hydrogens is 400 g/mol. The van der Waals surface area contributed by atoms with Gasteiger partial charge in [0.05, 0.1) is 5.39 Å². The Hall–Kier alpha value is -2.67. The molecule has 0 fully saturated rings. The Bertz CT molecular complexity index is 1150. The molecule has 0 amide bonds. The molecule has 0 spiro atoms. The SMILES string of the molecule is Cc1c(C(=O)OCCOc2ccc(C(C)(C)C)cc2)sc2nc3n(c(=O)c12)CCC3. The van der Waals surface area contributed by atoms with Gasteiger partial charge in [0, 0.05) is 13.0 Å². The second kappa shape index (κ2) is 7.87. The van der Waals surface area contributed by atoms with E-state index in [2.05, 4.69) is 25.8 Å². The largest absolute Gasteiger partial charge is 0.490 e. The molecule has 0 bridgehead atoms. The van der Waals surface area contributed by atoms with Crippen molar-refractivity contribution in [1.29, 1.82) is 0 Å². The number of rotatable bonds is 5. The van der Waals surface area contributed by atoms with Crippen molar-refractivity contribution in [2.45, 2.75) is 52.5 Å². The molecule has 7 heteroatoms. The minimum atomic E-state index is -0.438. The standard InChI is InChI=1S/C23H26N2O4S/c1-14-18-20(24-17-6-5-11-25(17)21(18)26)30-19(14)22(27)29-13-12-28-16-9-7-15(8-10-16)23(2,3)4/h7-10H,5-6,11-13H2,1-4H3. The van der Waals surface area contributed by atoms with Crippen LogP contribution in [-0.2, 0) is 23.1 Å². The van der Waals surface area contributed by atoms with Crippen LogP contribution in [0.2, 0.25) is 0 Å². The lowest BCUT2D eigenvalue weighted by atomic mass is 9.87. The van der Waals surface area contributed by atoms with Crippen molar-refractivity contribution < 1.29 is 14.3 Å². The molecular formula is C23H26N2O4S. The van der Waals surface area contributed by atoms with Gasteiger partial charge in [-0.1, -0.05) is 32.9 Å². The number of aromatic nitrogens is 2. The summed E-state index contributed by atoms with van der Waals surface area (Å²) in [4.78, 5) is 30.9. The van der Waals surface area contributed by atoms with E-state index in [-0.39, 0.29) is 24.2 Å². The summed E-state index contributed by atoms with van der Waals surface area (Å²) in [5.74, 6) is 1.11. The zero-order chi connectivity index (χ0) is 21.5. The average molecular weight is 427 g/mol. The molecule has 30 heavy (non-hydrogen) atoms. The van der Waals surface area contributed by atoms with E-state index < -0.39 is 5.97 Å². The molecule has 4 rings (SSSR count). The number of hydrogen-bond acceptors (Lipinski definition) is 6. The first kappa shape index (κ1) is 20.6. The lowest BCUT2D eigenvalue weighted by Gasteiger charge is -2.19. The van der Waals surface area contributed by atoms with Gasteiger partial charge in [-0.05, 0) is 42.0 Å². The van der Waals surface area contributed by atoms with Crippen molar-refractivity contribution in [2.75, 3.05) is 13.2 Å². The van der Waals surface area contributed by atoms with Crippen molar-refractivity contribution in [3.63, 3.8) is 0 Å². The van der Waals surface area contributed by atoms with Gasteiger partial charge in [-0.15, -0.1) is 11.3 Å². The summed E-state index contributed by atoms with van der Waals surface area (Å²) >= 11 is 1.23. The Morgan fingerprint density at radius 3 is 2.63 bits per heavy atom. The number of carbonyl (C=O) groups is 1. The summed E-state index contributed by atoms with van der Waals surface area (Å²) in [5, 5.41) is 0.535. The normalized spacial score (nSPS) is 13.5. The Kier molecular flexibility index (Phi) is 5.40. The van der Waals surface area contributed by atoms with E-state index in [0.717, 1.165) is 24.4 Å². The number of fused-ring (bicyclic) bond motifs is 2. The third-order valence-electron chi connectivity index (χ3n) is 5.40. The van der Waals surface area contributed by atoms with Crippen LogP contribution >= 0.6 is 11.3 Å². The van der Waals surface area contributed by atoms with E-state index in [1.54, 1.807) is 11.5 Å². The van der Waals surface area contributed by atoms with Gasteiger partial charge in [0.15, 0.2) is 0 Å². The van der Waals surface area contributed by atoms with Crippen LogP contribution in [-0.4, -0.2) is 28.7 Å². The fourth-order valence-corrected chi connectivity index (χ4v) is 4.76. The van der Waals surface area contributed by atoms with E-state index in [1.807, 2.05) is 24.3 Å². The van der Waals surface area contributed by atoms with Crippen LogP contribution in [0.5, 0.6) is 5.75 Å². The predicted molar refractivity (Wildman–Crippen MR) is 118 cm³/mol. The van der Waals surface area contributed by atoms with Gasteiger partial charge in [-0.25, -0.2) is 9.78 Å². The highest BCUT2D eigenvalue weighted by atomic mass is 32.1. The number of ether oxygens (including phenoxy) is 2. The molecule has 3 heterocycles. The highest BCUT2D eigenvalue weighted by Crippen LogP contribution is 2.29. The van der Waals surface area contributed by atoms with Gasteiger partial charge in [0.1, 0.15) is 34.5 Å². The van der Waals surface area contributed by atoms with E-state index in [1.165, 1.54) is 16.9 Å². The summed E-state index contributed by atoms with van der Waals surface area (Å²) < 4.78 is 12.8. The quantitative estimate of drug-likeness (QED) is 0.451. The maximum Gasteiger partial charge on any atom is 0.348 e. The molecule has 2 aromatic heterocycles. The molecule has 0 radical (unpaired) electrons. The average Bonchev–Trinajstić information content (AvgIpc) is 3.30. The van der Waals surface area contributed by atoms with Crippen LogP contribution in [0.3, 0.4) is 0 Å². The van der Waals surface area contributed by atoms with Gasteiger partial charge in [-0.2, -0.15) is 0 Å². The minimum absolute atomic E-state index is 0.0534. The number of benzene rings is 1. The van der Waals surface area contributed by atoms with Gasteiger partial charge in [0.25, 0.3) is 5.56 Å². The Morgan fingerprint density at radius 1 is 1.20 bits per heavy atom. The number of esters is 1. The van der Waals surface area contributed by atoms with Crippen molar-refractivity contribution >= 4 is 27.5 Å². The van der Waals surface area contributed by atoms with Crippen LogP contribution in [0.25, 0.3) is 10.2 Å². The van der Waals surface area contributed by atoms with Crippen LogP contribution in [0.15, 0.2) is 29.1 Å². The Morgan fingerprint density at radius 2 is 1.93 bits per heavy atom. The second-order valence-electron chi connectivity index (χ2n) is 8.58. The van der Waals surface area contributed by atoms with Crippen LogP contribution in [0.1, 0.15) is 53.8 Å². The maximum absolute atomic E-state index is 12.7. The lowest BCUT2D eigenvalue weighted by Crippen LogP contribution is -2.20. The molecule has 1 aromatic carbocycles. The second-order valence-corrected chi connectivity index (χ2v) is 9.58. The minimum Gasteiger partial charge on any atom is -0.490 e. The van der Waals surface area contributed by atoms with Gasteiger partial charge < -0.3 is 9.47 Å². The molecule has 158 valence electrons. The molecule has 0 atom stereocenters.